The zero-order valence-corrected chi connectivity index (χ0v) is 13.3. The maximum absolute atomic E-state index is 4.13. The van der Waals surface area contributed by atoms with Gasteiger partial charge in [0.2, 0.25) is 0 Å². The molecular formula is C19H19N5. The number of nitrogens with zero attached hydrogens (tertiary/aromatic N) is 2. The van der Waals surface area contributed by atoms with E-state index in [0.29, 0.717) is 6.04 Å². The number of fused-ring (bicyclic) bond motifs is 1. The minimum Gasteiger partial charge on any atom is -0.310 e. The topological polar surface area (TPSA) is 69.4 Å². The molecule has 2 heterocycles. The third kappa shape index (κ3) is 3.39. The number of rotatable bonds is 3. The lowest BCUT2D eigenvalue weighted by Crippen LogP contribution is -2.34. The van der Waals surface area contributed by atoms with E-state index in [9.17, 15) is 0 Å². The summed E-state index contributed by atoms with van der Waals surface area (Å²) < 4.78 is 0. The maximum atomic E-state index is 4.13. The van der Waals surface area contributed by atoms with E-state index in [2.05, 4.69) is 61.8 Å². The van der Waals surface area contributed by atoms with Crippen LogP contribution in [0.3, 0.4) is 0 Å². The van der Waals surface area contributed by atoms with Crippen molar-refractivity contribution < 1.29 is 0 Å². The van der Waals surface area contributed by atoms with Crippen LogP contribution in [0.15, 0.2) is 42.9 Å². The minimum absolute atomic E-state index is 0.513. The highest BCUT2D eigenvalue weighted by Gasteiger charge is 2.19. The van der Waals surface area contributed by atoms with Crippen LogP contribution in [0.25, 0.3) is 0 Å². The molecule has 3 aromatic rings. The Balaban J connectivity index is 1.33. The third-order valence-corrected chi connectivity index (χ3v) is 4.42. The Hall–Kier alpha value is -2.84. The maximum Gasteiger partial charge on any atom is 0.0644 e. The number of aryl methyl sites for hydroxylation is 1. The van der Waals surface area contributed by atoms with Gasteiger partial charge in [0.1, 0.15) is 0 Å². The number of aromatic amines is 2. The summed E-state index contributed by atoms with van der Waals surface area (Å²) in [4.78, 5) is 0. The van der Waals surface area contributed by atoms with Crippen molar-refractivity contribution in [1.82, 2.24) is 25.7 Å². The fourth-order valence-corrected chi connectivity index (χ4v) is 3.01. The van der Waals surface area contributed by atoms with Crippen LogP contribution in [-0.4, -0.2) is 26.4 Å². The van der Waals surface area contributed by atoms with Gasteiger partial charge >= 0.3 is 0 Å². The first kappa shape index (κ1) is 14.7. The molecule has 3 N–H and O–H groups in total. The van der Waals surface area contributed by atoms with Crippen molar-refractivity contribution in [3.05, 3.63) is 70.8 Å². The average Bonchev–Trinajstić information content (AvgIpc) is 3.30. The van der Waals surface area contributed by atoms with E-state index in [1.807, 2.05) is 6.20 Å². The second-order valence-electron chi connectivity index (χ2n) is 6.13. The zero-order chi connectivity index (χ0) is 16.2. The first-order chi connectivity index (χ1) is 11.9. The molecule has 5 nitrogen and oxygen atoms in total. The second kappa shape index (κ2) is 6.73. The van der Waals surface area contributed by atoms with Gasteiger partial charge in [0.05, 0.1) is 18.0 Å². The second-order valence-corrected chi connectivity index (χ2v) is 6.13. The number of aromatic nitrogens is 4. The quantitative estimate of drug-likeness (QED) is 0.649. The highest BCUT2D eigenvalue weighted by atomic mass is 15.1. The van der Waals surface area contributed by atoms with Crippen LogP contribution in [0.4, 0.5) is 0 Å². The van der Waals surface area contributed by atoms with Gasteiger partial charge in [-0.05, 0) is 36.1 Å². The zero-order valence-electron chi connectivity index (χ0n) is 13.3. The number of benzene rings is 1. The molecule has 0 bridgehead atoms. The molecule has 0 saturated heterocycles. The summed E-state index contributed by atoms with van der Waals surface area (Å²) in [6.07, 6.45) is 8.77. The van der Waals surface area contributed by atoms with Crippen LogP contribution in [0.5, 0.6) is 0 Å². The number of H-pyrrole nitrogens is 2. The smallest absolute Gasteiger partial charge is 0.0644 e. The number of hydrogen-bond acceptors (Lipinski definition) is 3. The highest BCUT2D eigenvalue weighted by molar-refractivity contribution is 5.41. The molecular weight excluding hydrogens is 298 g/mol. The molecule has 0 fully saturated rings. The normalized spacial score (nSPS) is 16.2. The van der Waals surface area contributed by atoms with Gasteiger partial charge in [-0.15, -0.1) is 0 Å². The van der Waals surface area contributed by atoms with Gasteiger partial charge in [-0.2, -0.15) is 10.2 Å². The van der Waals surface area contributed by atoms with E-state index >= 15 is 0 Å². The summed E-state index contributed by atoms with van der Waals surface area (Å²) in [6, 6.07) is 8.92. The molecule has 120 valence electrons. The van der Waals surface area contributed by atoms with Crippen LogP contribution < -0.4 is 5.32 Å². The van der Waals surface area contributed by atoms with E-state index in [1.54, 1.807) is 12.4 Å². The Morgan fingerprint density at radius 1 is 1.08 bits per heavy atom. The molecule has 0 spiro atoms. The lowest BCUT2D eigenvalue weighted by molar-refractivity contribution is 0.454. The van der Waals surface area contributed by atoms with Crippen molar-refractivity contribution >= 4 is 0 Å². The van der Waals surface area contributed by atoms with Crippen molar-refractivity contribution in [3.8, 4) is 11.8 Å². The van der Waals surface area contributed by atoms with Crippen LogP contribution in [0, 0.1) is 11.8 Å². The summed E-state index contributed by atoms with van der Waals surface area (Å²) >= 11 is 0. The van der Waals surface area contributed by atoms with E-state index in [-0.39, 0.29) is 0 Å². The van der Waals surface area contributed by atoms with Gasteiger partial charge in [-0.1, -0.05) is 24.0 Å². The van der Waals surface area contributed by atoms with Crippen molar-refractivity contribution in [2.24, 2.45) is 0 Å². The first-order valence-electron chi connectivity index (χ1n) is 8.21. The summed E-state index contributed by atoms with van der Waals surface area (Å²) in [5, 5.41) is 17.5. The molecule has 1 unspecified atom stereocenters. The minimum atomic E-state index is 0.513. The van der Waals surface area contributed by atoms with Crippen LogP contribution >= 0.6 is 0 Å². The average molecular weight is 317 g/mol. The molecule has 24 heavy (non-hydrogen) atoms. The molecule has 0 aliphatic heterocycles. The van der Waals surface area contributed by atoms with Gasteiger partial charge in [0.25, 0.3) is 0 Å². The Morgan fingerprint density at radius 2 is 1.96 bits per heavy atom. The van der Waals surface area contributed by atoms with Gasteiger partial charge < -0.3 is 5.32 Å². The summed E-state index contributed by atoms with van der Waals surface area (Å²) in [6.45, 7) is 0.879. The standard InChI is InChI=1S/C19H19N5/c1-4-15(5-2-14(1)3-6-16-11-21-22-12-16)10-20-18-8-7-17-13-23-24-19(17)9-18/h1-2,4-5,11-13,18,20H,7-10H2,(H,21,22)(H,23,24). The fraction of sp³-hybridized carbons (Fsp3) is 0.263. The monoisotopic (exact) mass is 317 g/mol. The predicted octanol–water partition coefficient (Wildman–Crippen LogP) is 2.18. The largest absolute Gasteiger partial charge is 0.310 e. The van der Waals surface area contributed by atoms with Crippen molar-refractivity contribution in [2.45, 2.75) is 31.8 Å². The van der Waals surface area contributed by atoms with Crippen LogP contribution in [-0.2, 0) is 19.4 Å². The third-order valence-electron chi connectivity index (χ3n) is 4.42. The van der Waals surface area contributed by atoms with Crippen molar-refractivity contribution in [1.29, 1.82) is 0 Å². The molecule has 1 aliphatic carbocycles. The molecule has 0 radical (unpaired) electrons. The van der Waals surface area contributed by atoms with Gasteiger partial charge in [0, 0.05) is 36.5 Å². The van der Waals surface area contributed by atoms with E-state index in [0.717, 1.165) is 30.5 Å². The summed E-state index contributed by atoms with van der Waals surface area (Å²) in [5.74, 6) is 6.23. The molecule has 0 saturated carbocycles. The summed E-state index contributed by atoms with van der Waals surface area (Å²) in [7, 11) is 0. The Kier molecular flexibility index (Phi) is 4.13. The van der Waals surface area contributed by atoms with E-state index < -0.39 is 0 Å². The molecule has 4 rings (SSSR count). The molecule has 5 heteroatoms. The fourth-order valence-electron chi connectivity index (χ4n) is 3.01. The van der Waals surface area contributed by atoms with Crippen molar-refractivity contribution in [2.75, 3.05) is 0 Å². The lowest BCUT2D eigenvalue weighted by Gasteiger charge is -2.22. The van der Waals surface area contributed by atoms with Gasteiger partial charge in [-0.3, -0.25) is 10.2 Å². The van der Waals surface area contributed by atoms with Crippen LogP contribution in [0.2, 0.25) is 0 Å². The van der Waals surface area contributed by atoms with Crippen molar-refractivity contribution in [3.63, 3.8) is 0 Å². The molecule has 1 aromatic carbocycles. The lowest BCUT2D eigenvalue weighted by atomic mass is 9.93. The van der Waals surface area contributed by atoms with Gasteiger partial charge in [-0.25, -0.2) is 0 Å². The van der Waals surface area contributed by atoms with E-state index in [1.165, 1.54) is 23.2 Å². The Morgan fingerprint density at radius 3 is 2.79 bits per heavy atom. The Bertz CT molecular complexity index is 849. The molecule has 1 aliphatic rings. The highest BCUT2D eigenvalue weighted by Crippen LogP contribution is 2.19. The SMILES string of the molecule is C(#Cc1cn[nH]c1)c1ccc(CNC2CCc3cn[nH]c3C2)cc1. The summed E-state index contributed by atoms with van der Waals surface area (Å²) in [5.41, 5.74) is 5.84. The predicted molar refractivity (Wildman–Crippen MR) is 92.3 cm³/mol. The number of nitrogens with one attached hydrogen (secondary N) is 3. The Labute approximate surface area is 140 Å². The number of hydrogen-bond donors (Lipinski definition) is 3. The first-order valence-corrected chi connectivity index (χ1v) is 8.21. The van der Waals surface area contributed by atoms with E-state index in [4.69, 9.17) is 0 Å². The van der Waals surface area contributed by atoms with Crippen LogP contribution in [0.1, 0.15) is 34.4 Å². The molecule has 1 atom stereocenters. The molecule has 0 amide bonds. The van der Waals surface area contributed by atoms with Gasteiger partial charge in [0.15, 0.2) is 0 Å². The molecule has 2 aromatic heterocycles.